The molecule has 0 spiro atoms. The minimum absolute atomic E-state index is 0.294. The Morgan fingerprint density at radius 3 is 3.00 bits per heavy atom. The molecular formula is C8H10BrNOS. The highest BCUT2D eigenvalue weighted by Crippen LogP contribution is 2.15. The van der Waals surface area contributed by atoms with Gasteiger partial charge in [0.2, 0.25) is 0 Å². The maximum Gasteiger partial charge on any atom is 0.0960 e. The second-order valence-corrected chi connectivity index (χ2v) is 3.97. The number of aromatic nitrogens is 1. The Morgan fingerprint density at radius 1 is 1.58 bits per heavy atom. The van der Waals surface area contributed by atoms with Crippen LogP contribution < -0.4 is 0 Å². The number of alkyl halides is 1. The molecule has 0 bridgehead atoms. The summed E-state index contributed by atoms with van der Waals surface area (Å²) in [6.07, 6.45) is 1.46. The SMILES string of the molecule is OC(CBr)CSc1ccccn1. The van der Waals surface area contributed by atoms with Gasteiger partial charge in [-0.05, 0) is 12.1 Å². The number of halogens is 1. The number of thioether (sulfide) groups is 1. The Bertz CT molecular complexity index is 220. The first-order valence-corrected chi connectivity index (χ1v) is 5.71. The number of aliphatic hydroxyl groups excluding tert-OH is 1. The third-order valence-electron chi connectivity index (χ3n) is 1.24. The third kappa shape index (κ3) is 3.56. The summed E-state index contributed by atoms with van der Waals surface area (Å²) in [5.74, 6) is 0.683. The van der Waals surface area contributed by atoms with Gasteiger partial charge in [0.25, 0.3) is 0 Å². The van der Waals surface area contributed by atoms with Crippen molar-refractivity contribution in [1.29, 1.82) is 0 Å². The molecule has 2 nitrogen and oxygen atoms in total. The second-order valence-electron chi connectivity index (χ2n) is 2.29. The largest absolute Gasteiger partial charge is 0.391 e. The first-order chi connectivity index (χ1) is 5.83. The maximum absolute atomic E-state index is 9.22. The van der Waals surface area contributed by atoms with Gasteiger partial charge in [0.15, 0.2) is 0 Å². The summed E-state index contributed by atoms with van der Waals surface area (Å²) < 4.78 is 0. The maximum atomic E-state index is 9.22. The quantitative estimate of drug-likeness (QED) is 0.652. The van der Waals surface area contributed by atoms with Gasteiger partial charge in [-0.1, -0.05) is 22.0 Å². The molecule has 0 aliphatic rings. The standard InChI is InChI=1S/C8H10BrNOS/c9-5-7(11)6-12-8-3-1-2-4-10-8/h1-4,7,11H,5-6H2. The summed E-state index contributed by atoms with van der Waals surface area (Å²) in [4.78, 5) is 4.12. The third-order valence-corrected chi connectivity index (χ3v) is 3.08. The highest BCUT2D eigenvalue weighted by atomic mass is 79.9. The lowest BCUT2D eigenvalue weighted by atomic mass is 10.5. The summed E-state index contributed by atoms with van der Waals surface area (Å²) in [6.45, 7) is 0. The number of hydrogen-bond acceptors (Lipinski definition) is 3. The zero-order chi connectivity index (χ0) is 8.81. The second kappa shape index (κ2) is 5.56. The lowest BCUT2D eigenvalue weighted by molar-refractivity contribution is 0.226. The van der Waals surface area contributed by atoms with Crippen LogP contribution in [0.15, 0.2) is 29.4 Å². The molecule has 1 atom stereocenters. The van der Waals surface area contributed by atoms with Gasteiger partial charge in [-0.15, -0.1) is 11.8 Å². The monoisotopic (exact) mass is 247 g/mol. The highest BCUT2D eigenvalue weighted by Gasteiger charge is 2.02. The van der Waals surface area contributed by atoms with E-state index in [4.69, 9.17) is 0 Å². The van der Waals surface area contributed by atoms with Crippen molar-refractivity contribution < 1.29 is 5.11 Å². The van der Waals surface area contributed by atoms with Crippen molar-refractivity contribution in [3.05, 3.63) is 24.4 Å². The summed E-state index contributed by atoms with van der Waals surface area (Å²) in [5, 5.41) is 10.8. The Labute approximate surface area is 84.5 Å². The van der Waals surface area contributed by atoms with Gasteiger partial charge in [-0.3, -0.25) is 0 Å². The Balaban J connectivity index is 2.33. The normalized spacial score (nSPS) is 12.8. The molecule has 1 rings (SSSR count). The molecule has 0 saturated heterocycles. The Hall–Kier alpha value is -0.0600. The molecule has 0 amide bonds. The van der Waals surface area contributed by atoms with E-state index >= 15 is 0 Å². The summed E-state index contributed by atoms with van der Waals surface area (Å²) in [7, 11) is 0. The van der Waals surface area contributed by atoms with Gasteiger partial charge in [0, 0.05) is 17.3 Å². The van der Waals surface area contributed by atoms with Crippen LogP contribution in [0.4, 0.5) is 0 Å². The Morgan fingerprint density at radius 2 is 2.42 bits per heavy atom. The molecule has 0 saturated carbocycles. The van der Waals surface area contributed by atoms with E-state index < -0.39 is 0 Å². The van der Waals surface area contributed by atoms with E-state index in [-0.39, 0.29) is 6.10 Å². The summed E-state index contributed by atoms with van der Waals surface area (Å²) in [5.41, 5.74) is 0. The van der Waals surface area contributed by atoms with E-state index in [1.165, 1.54) is 0 Å². The first-order valence-electron chi connectivity index (χ1n) is 3.61. The molecule has 4 heteroatoms. The smallest absolute Gasteiger partial charge is 0.0960 e. The van der Waals surface area contributed by atoms with E-state index in [0.29, 0.717) is 11.1 Å². The van der Waals surface area contributed by atoms with Crippen LogP contribution in [0.1, 0.15) is 0 Å². The molecule has 0 radical (unpaired) electrons. The lowest BCUT2D eigenvalue weighted by Crippen LogP contribution is -2.10. The van der Waals surface area contributed by atoms with Crippen LogP contribution >= 0.6 is 27.7 Å². The number of rotatable bonds is 4. The summed E-state index contributed by atoms with van der Waals surface area (Å²) in [6, 6.07) is 5.76. The average Bonchev–Trinajstić information content (AvgIpc) is 2.16. The molecule has 1 aromatic rings. The van der Waals surface area contributed by atoms with Crippen LogP contribution in [0.25, 0.3) is 0 Å². The van der Waals surface area contributed by atoms with Crippen LogP contribution in [-0.4, -0.2) is 27.3 Å². The zero-order valence-electron chi connectivity index (χ0n) is 6.48. The molecule has 0 fully saturated rings. The minimum Gasteiger partial charge on any atom is -0.391 e. The minimum atomic E-state index is -0.294. The first kappa shape index (κ1) is 10.0. The van der Waals surface area contributed by atoms with Crippen molar-refractivity contribution >= 4 is 27.7 Å². The van der Waals surface area contributed by atoms with Crippen molar-refractivity contribution in [3.63, 3.8) is 0 Å². The number of aliphatic hydroxyl groups is 1. The Kier molecular flexibility index (Phi) is 4.65. The molecule has 0 aliphatic carbocycles. The van der Waals surface area contributed by atoms with Gasteiger partial charge in [-0.2, -0.15) is 0 Å². The zero-order valence-corrected chi connectivity index (χ0v) is 8.88. The molecule has 1 unspecified atom stereocenters. The van der Waals surface area contributed by atoms with Crippen molar-refractivity contribution in [2.75, 3.05) is 11.1 Å². The molecule has 0 aromatic carbocycles. The van der Waals surface area contributed by atoms with Crippen molar-refractivity contribution in [2.45, 2.75) is 11.1 Å². The van der Waals surface area contributed by atoms with E-state index in [0.717, 1.165) is 5.03 Å². The van der Waals surface area contributed by atoms with Crippen molar-refractivity contribution in [2.24, 2.45) is 0 Å². The number of pyridine rings is 1. The lowest BCUT2D eigenvalue weighted by Gasteiger charge is -2.04. The molecule has 66 valence electrons. The molecular weight excluding hydrogens is 238 g/mol. The predicted molar refractivity (Wildman–Crippen MR) is 54.8 cm³/mol. The number of hydrogen-bond donors (Lipinski definition) is 1. The summed E-state index contributed by atoms with van der Waals surface area (Å²) >= 11 is 4.77. The topological polar surface area (TPSA) is 33.1 Å². The molecule has 12 heavy (non-hydrogen) atoms. The van der Waals surface area contributed by atoms with Crippen LogP contribution in [0.5, 0.6) is 0 Å². The van der Waals surface area contributed by atoms with Crippen LogP contribution in [0, 0.1) is 0 Å². The van der Waals surface area contributed by atoms with Gasteiger partial charge < -0.3 is 5.11 Å². The van der Waals surface area contributed by atoms with Crippen LogP contribution in [0.2, 0.25) is 0 Å². The van der Waals surface area contributed by atoms with E-state index in [9.17, 15) is 5.11 Å². The van der Waals surface area contributed by atoms with E-state index in [2.05, 4.69) is 20.9 Å². The van der Waals surface area contributed by atoms with Gasteiger partial charge >= 0.3 is 0 Å². The van der Waals surface area contributed by atoms with Gasteiger partial charge in [0.05, 0.1) is 11.1 Å². The van der Waals surface area contributed by atoms with Crippen LogP contribution in [0.3, 0.4) is 0 Å². The molecule has 1 N–H and O–H groups in total. The van der Waals surface area contributed by atoms with E-state index in [1.807, 2.05) is 18.2 Å². The molecule has 0 aliphatic heterocycles. The van der Waals surface area contributed by atoms with Gasteiger partial charge in [-0.25, -0.2) is 4.98 Å². The molecule has 1 aromatic heterocycles. The van der Waals surface area contributed by atoms with Gasteiger partial charge in [0.1, 0.15) is 0 Å². The fourth-order valence-electron chi connectivity index (χ4n) is 0.659. The highest BCUT2D eigenvalue weighted by molar-refractivity contribution is 9.09. The molecule has 1 heterocycles. The predicted octanol–water partition coefficient (Wildman–Crippen LogP) is 1.93. The van der Waals surface area contributed by atoms with E-state index in [1.54, 1.807) is 18.0 Å². The van der Waals surface area contributed by atoms with Crippen LogP contribution in [-0.2, 0) is 0 Å². The fourth-order valence-corrected chi connectivity index (χ4v) is 1.98. The van der Waals surface area contributed by atoms with Crippen molar-refractivity contribution in [1.82, 2.24) is 4.98 Å². The number of nitrogens with zero attached hydrogens (tertiary/aromatic N) is 1. The average molecular weight is 248 g/mol. The fraction of sp³-hybridized carbons (Fsp3) is 0.375. The van der Waals surface area contributed by atoms with Crippen molar-refractivity contribution in [3.8, 4) is 0 Å².